The first-order valence-corrected chi connectivity index (χ1v) is 6.86. The Morgan fingerprint density at radius 3 is 2.48 bits per heavy atom. The van der Waals surface area contributed by atoms with Gasteiger partial charge in [-0.25, -0.2) is 4.39 Å². The highest BCUT2D eigenvalue weighted by atomic mass is 19.1. The minimum Gasteiger partial charge on any atom is -0.382 e. The number of nitrogens with one attached hydrogen (secondary N) is 3. The number of halogens is 1. The molecule has 116 valence electrons. The summed E-state index contributed by atoms with van der Waals surface area (Å²) >= 11 is 0. The van der Waals surface area contributed by atoms with Crippen LogP contribution in [0.5, 0.6) is 0 Å². The quantitative estimate of drug-likeness (QED) is 0.777. The molecule has 21 heavy (non-hydrogen) atoms. The van der Waals surface area contributed by atoms with E-state index in [4.69, 9.17) is 0 Å². The van der Waals surface area contributed by atoms with Crippen molar-refractivity contribution in [2.45, 2.75) is 33.2 Å². The van der Waals surface area contributed by atoms with Crippen LogP contribution in [0, 0.1) is 5.82 Å². The van der Waals surface area contributed by atoms with Crippen LogP contribution in [0.1, 0.15) is 38.1 Å². The molecule has 0 saturated carbocycles. The van der Waals surface area contributed by atoms with Crippen molar-refractivity contribution in [1.82, 2.24) is 10.6 Å². The molecule has 0 aromatic heterocycles. The van der Waals surface area contributed by atoms with E-state index in [1.54, 1.807) is 0 Å². The lowest BCUT2D eigenvalue weighted by molar-refractivity contribution is -0.121. The van der Waals surface area contributed by atoms with Crippen LogP contribution >= 0.6 is 0 Å². The summed E-state index contributed by atoms with van der Waals surface area (Å²) in [6.07, 6.45) is 0. The lowest BCUT2D eigenvalue weighted by Gasteiger charge is -2.20. The van der Waals surface area contributed by atoms with Crippen molar-refractivity contribution in [2.24, 2.45) is 0 Å². The van der Waals surface area contributed by atoms with E-state index >= 15 is 0 Å². The number of anilines is 1. The molecule has 0 aliphatic heterocycles. The Morgan fingerprint density at radius 1 is 1.24 bits per heavy atom. The average molecular weight is 295 g/mol. The number of hydrogen-bond acceptors (Lipinski definition) is 3. The molecule has 0 saturated heterocycles. The number of amides is 2. The molecule has 2 amide bonds. The maximum Gasteiger partial charge on any atom is 0.253 e. The first kappa shape index (κ1) is 16.9. The van der Waals surface area contributed by atoms with E-state index in [1.807, 2.05) is 27.7 Å². The van der Waals surface area contributed by atoms with E-state index in [0.717, 1.165) is 0 Å². The Kier molecular flexibility index (Phi) is 5.69. The van der Waals surface area contributed by atoms with Crippen LogP contribution in [0.25, 0.3) is 0 Å². The smallest absolute Gasteiger partial charge is 0.253 e. The SMILES string of the molecule is CCNc1c(F)cccc1C(=O)NCC(=O)NC(C)(C)C. The second kappa shape index (κ2) is 7.06. The predicted octanol–water partition coefficient (Wildman–Crippen LogP) is 1.90. The van der Waals surface area contributed by atoms with Gasteiger partial charge in [-0.1, -0.05) is 6.07 Å². The third kappa shape index (κ3) is 5.41. The molecule has 0 aliphatic rings. The van der Waals surface area contributed by atoms with Crippen molar-refractivity contribution in [3.63, 3.8) is 0 Å². The Morgan fingerprint density at radius 2 is 1.90 bits per heavy atom. The summed E-state index contributed by atoms with van der Waals surface area (Å²) in [6.45, 7) is 7.70. The molecule has 1 aromatic rings. The van der Waals surface area contributed by atoms with Gasteiger partial charge in [0.05, 0.1) is 17.8 Å². The highest BCUT2D eigenvalue weighted by Gasteiger charge is 2.17. The highest BCUT2D eigenvalue weighted by Crippen LogP contribution is 2.19. The molecule has 1 aromatic carbocycles. The highest BCUT2D eigenvalue weighted by molar-refractivity contribution is 6.01. The molecule has 0 bridgehead atoms. The van der Waals surface area contributed by atoms with Crippen LogP contribution in [-0.2, 0) is 4.79 Å². The molecule has 5 nitrogen and oxygen atoms in total. The van der Waals surface area contributed by atoms with Gasteiger partial charge in [0.2, 0.25) is 5.91 Å². The summed E-state index contributed by atoms with van der Waals surface area (Å²) in [5.74, 6) is -1.28. The largest absolute Gasteiger partial charge is 0.382 e. The number of rotatable bonds is 5. The summed E-state index contributed by atoms with van der Waals surface area (Å²) in [5.41, 5.74) is -0.0376. The van der Waals surface area contributed by atoms with Gasteiger partial charge in [0.15, 0.2) is 0 Å². The van der Waals surface area contributed by atoms with Crippen molar-refractivity contribution >= 4 is 17.5 Å². The lowest BCUT2D eigenvalue weighted by atomic mass is 10.1. The fourth-order valence-electron chi connectivity index (χ4n) is 1.79. The zero-order valence-corrected chi connectivity index (χ0v) is 12.8. The minimum atomic E-state index is -0.497. The van der Waals surface area contributed by atoms with Crippen LogP contribution in [0.4, 0.5) is 10.1 Å². The standard InChI is InChI=1S/C15H22FN3O2/c1-5-17-13-10(7-6-8-11(13)16)14(21)18-9-12(20)19-15(2,3)4/h6-8,17H,5,9H2,1-4H3,(H,18,21)(H,19,20). The van der Waals surface area contributed by atoms with Crippen LogP contribution in [0.15, 0.2) is 18.2 Å². The van der Waals surface area contributed by atoms with E-state index in [2.05, 4.69) is 16.0 Å². The monoisotopic (exact) mass is 295 g/mol. The van der Waals surface area contributed by atoms with E-state index in [9.17, 15) is 14.0 Å². The number of para-hydroxylation sites is 1. The molecule has 0 aliphatic carbocycles. The fraction of sp³-hybridized carbons (Fsp3) is 0.467. The van der Waals surface area contributed by atoms with E-state index in [-0.39, 0.29) is 29.2 Å². The summed E-state index contributed by atoms with van der Waals surface area (Å²) in [5, 5.41) is 8.04. The van der Waals surface area contributed by atoms with Crippen molar-refractivity contribution in [1.29, 1.82) is 0 Å². The third-order valence-corrected chi connectivity index (χ3v) is 2.54. The second-order valence-corrected chi connectivity index (χ2v) is 5.67. The second-order valence-electron chi connectivity index (χ2n) is 5.67. The molecular weight excluding hydrogens is 273 g/mol. The zero-order chi connectivity index (χ0) is 16.0. The molecular formula is C15H22FN3O2. The molecule has 0 spiro atoms. The number of hydrogen-bond donors (Lipinski definition) is 3. The topological polar surface area (TPSA) is 70.2 Å². The third-order valence-electron chi connectivity index (χ3n) is 2.54. The average Bonchev–Trinajstić information content (AvgIpc) is 2.36. The number of carbonyl (C=O) groups is 2. The van der Waals surface area contributed by atoms with E-state index in [0.29, 0.717) is 6.54 Å². The Labute approximate surface area is 124 Å². The van der Waals surface area contributed by atoms with E-state index in [1.165, 1.54) is 18.2 Å². The van der Waals surface area contributed by atoms with Gasteiger partial charge < -0.3 is 16.0 Å². The normalized spacial score (nSPS) is 10.9. The molecule has 0 heterocycles. The van der Waals surface area contributed by atoms with Gasteiger partial charge >= 0.3 is 0 Å². The van der Waals surface area contributed by atoms with Crippen molar-refractivity contribution in [3.8, 4) is 0 Å². The van der Waals surface area contributed by atoms with Crippen molar-refractivity contribution < 1.29 is 14.0 Å². The summed E-state index contributed by atoms with van der Waals surface area (Å²) in [7, 11) is 0. The first-order valence-electron chi connectivity index (χ1n) is 6.86. The summed E-state index contributed by atoms with van der Waals surface area (Å²) in [6, 6.07) is 4.25. The molecule has 3 N–H and O–H groups in total. The van der Waals surface area contributed by atoms with Crippen LogP contribution < -0.4 is 16.0 Å². The lowest BCUT2D eigenvalue weighted by Crippen LogP contribution is -2.45. The minimum absolute atomic E-state index is 0.147. The van der Waals surface area contributed by atoms with Gasteiger partial charge in [-0.15, -0.1) is 0 Å². The van der Waals surface area contributed by atoms with Gasteiger partial charge in [-0.3, -0.25) is 9.59 Å². The maximum atomic E-state index is 13.7. The van der Waals surface area contributed by atoms with Crippen LogP contribution in [-0.4, -0.2) is 30.4 Å². The fourth-order valence-corrected chi connectivity index (χ4v) is 1.79. The predicted molar refractivity (Wildman–Crippen MR) is 80.8 cm³/mol. The molecule has 6 heteroatoms. The van der Waals surface area contributed by atoms with Crippen molar-refractivity contribution in [2.75, 3.05) is 18.4 Å². The van der Waals surface area contributed by atoms with E-state index < -0.39 is 11.7 Å². The summed E-state index contributed by atoms with van der Waals surface area (Å²) in [4.78, 5) is 23.7. The molecule has 0 radical (unpaired) electrons. The zero-order valence-electron chi connectivity index (χ0n) is 12.8. The van der Waals surface area contributed by atoms with Gasteiger partial charge in [-0.2, -0.15) is 0 Å². The molecule has 0 atom stereocenters. The van der Waals surface area contributed by atoms with Crippen molar-refractivity contribution in [3.05, 3.63) is 29.6 Å². The van der Waals surface area contributed by atoms with Gasteiger partial charge in [0, 0.05) is 12.1 Å². The number of benzene rings is 1. The van der Waals surface area contributed by atoms with Crippen LogP contribution in [0.2, 0.25) is 0 Å². The number of carbonyl (C=O) groups excluding carboxylic acids is 2. The Balaban J connectivity index is 2.72. The summed E-state index contributed by atoms with van der Waals surface area (Å²) < 4.78 is 13.7. The van der Waals surface area contributed by atoms with Gasteiger partial charge in [0.1, 0.15) is 5.82 Å². The van der Waals surface area contributed by atoms with Gasteiger partial charge in [-0.05, 0) is 39.8 Å². The molecule has 0 fully saturated rings. The molecule has 0 unspecified atom stereocenters. The first-order chi connectivity index (χ1) is 9.74. The molecule has 1 rings (SSSR count). The maximum absolute atomic E-state index is 13.7. The van der Waals surface area contributed by atoms with Gasteiger partial charge in [0.25, 0.3) is 5.91 Å². The Hall–Kier alpha value is -2.11. The van der Waals surface area contributed by atoms with Crippen LogP contribution in [0.3, 0.4) is 0 Å². The Bertz CT molecular complexity index is 524.